The normalized spacial score (nSPS) is 10.1. The van der Waals surface area contributed by atoms with Gasteiger partial charge in [-0.2, -0.15) is 0 Å². The summed E-state index contributed by atoms with van der Waals surface area (Å²) in [6.45, 7) is 2.87. The Labute approximate surface area is 122 Å². The van der Waals surface area contributed by atoms with Gasteiger partial charge in [0.25, 0.3) is 0 Å². The Hall–Kier alpha value is 1.41. The van der Waals surface area contributed by atoms with E-state index in [4.69, 9.17) is 4.52 Å². The van der Waals surface area contributed by atoms with E-state index < -0.39 is 0 Å². The van der Waals surface area contributed by atoms with Gasteiger partial charge < -0.3 is 0 Å². The second-order valence-electron chi connectivity index (χ2n) is 3.38. The van der Waals surface area contributed by atoms with Gasteiger partial charge in [-0.05, 0) is 6.42 Å². The minimum atomic E-state index is -0.177. The summed E-state index contributed by atoms with van der Waals surface area (Å²) in [5.41, 5.74) is 0. The zero-order valence-electron chi connectivity index (χ0n) is 9.13. The van der Waals surface area contributed by atoms with E-state index in [1.54, 1.807) is 0 Å². The maximum absolute atomic E-state index is 9.89. The Kier molecular flexibility index (Phi) is 21.4. The number of hydrogen-bond donors (Lipinski definition) is 0. The van der Waals surface area contributed by atoms with E-state index in [2.05, 4.69) is 6.92 Å². The van der Waals surface area contributed by atoms with Crippen LogP contribution in [0.2, 0.25) is 0 Å². The monoisotopic (exact) mass is 346 g/mol. The van der Waals surface area contributed by atoms with E-state index in [-0.39, 0.29) is 49.5 Å². The van der Waals surface area contributed by atoms with Crippen molar-refractivity contribution in [1.29, 1.82) is 0 Å². The van der Waals surface area contributed by atoms with Gasteiger partial charge in [0, 0.05) is 40.8 Å². The van der Waals surface area contributed by atoms with Crippen molar-refractivity contribution in [3.8, 4) is 0 Å². The average Bonchev–Trinajstić information content (AvgIpc) is 2.16. The van der Waals surface area contributed by atoms with Gasteiger partial charge >= 0.3 is 8.69 Å². The smallest absolute Gasteiger partial charge is 0.294 e. The van der Waals surface area contributed by atoms with E-state index >= 15 is 0 Å². The van der Waals surface area contributed by atoms with Crippen LogP contribution in [0.15, 0.2) is 0 Å². The first kappa shape index (κ1) is 17.8. The molecular weight excluding hydrogens is 327 g/mol. The summed E-state index contributed by atoms with van der Waals surface area (Å²) in [5, 5.41) is 0. The third-order valence-electron chi connectivity index (χ3n) is 2.14. The van der Waals surface area contributed by atoms with Crippen molar-refractivity contribution in [2.24, 2.45) is 0 Å². The summed E-state index contributed by atoms with van der Waals surface area (Å²) < 4.78 is 14.6. The summed E-state index contributed by atoms with van der Waals surface area (Å²) in [6, 6.07) is 0. The molecular formula is C10H21NdO2P. The summed E-state index contributed by atoms with van der Waals surface area (Å²) >= 11 is 0. The Morgan fingerprint density at radius 2 is 1.43 bits per heavy atom. The maximum atomic E-state index is 9.89. The Morgan fingerprint density at radius 1 is 0.929 bits per heavy atom. The van der Waals surface area contributed by atoms with Crippen molar-refractivity contribution in [3.05, 3.63) is 0 Å². The summed E-state index contributed by atoms with van der Waals surface area (Å²) in [6.07, 6.45) is 10.3. The molecule has 0 amide bonds. The second-order valence-corrected chi connectivity index (χ2v) is 3.79. The maximum Gasteiger partial charge on any atom is 0.327 e. The Balaban J connectivity index is 0. The van der Waals surface area contributed by atoms with Crippen molar-refractivity contribution in [2.45, 2.75) is 58.3 Å². The Bertz CT molecular complexity index is 112. The topological polar surface area (TPSA) is 26.3 Å². The molecule has 4 heteroatoms. The molecule has 0 aromatic carbocycles. The molecule has 0 aliphatic rings. The fourth-order valence-electron chi connectivity index (χ4n) is 1.34. The number of rotatable bonds is 10. The molecule has 0 atom stereocenters. The van der Waals surface area contributed by atoms with E-state index in [9.17, 15) is 4.57 Å². The van der Waals surface area contributed by atoms with Gasteiger partial charge in [0.05, 0.1) is 6.61 Å². The third kappa shape index (κ3) is 15.9. The van der Waals surface area contributed by atoms with Gasteiger partial charge in [0.2, 0.25) is 0 Å². The number of unbranched alkanes of at least 4 members (excludes halogenated alkanes) is 7. The molecule has 0 aliphatic carbocycles. The van der Waals surface area contributed by atoms with Crippen LogP contribution < -0.4 is 0 Å². The quantitative estimate of drug-likeness (QED) is 0.433. The van der Waals surface area contributed by atoms with Crippen LogP contribution in [0.1, 0.15) is 58.3 Å². The fourth-order valence-corrected chi connectivity index (χ4v) is 1.54. The molecule has 0 aromatic rings. The zero-order valence-corrected chi connectivity index (χ0v) is 13.2. The second kappa shape index (κ2) is 16.8. The fraction of sp³-hybridized carbons (Fsp3) is 1.00. The minimum Gasteiger partial charge on any atom is -0.294 e. The van der Waals surface area contributed by atoms with Crippen LogP contribution in [-0.4, -0.2) is 6.61 Å². The molecule has 0 saturated carbocycles. The molecule has 0 heterocycles. The van der Waals surface area contributed by atoms with Crippen molar-refractivity contribution in [1.82, 2.24) is 0 Å². The summed E-state index contributed by atoms with van der Waals surface area (Å²) in [7, 11) is -0.177. The van der Waals surface area contributed by atoms with Crippen LogP contribution in [0, 0.1) is 40.8 Å². The SMILES string of the molecule is CCCCCCCCCCOP=O.[Nd]. The molecule has 14 heavy (non-hydrogen) atoms. The van der Waals surface area contributed by atoms with Gasteiger partial charge in [0.1, 0.15) is 0 Å². The van der Waals surface area contributed by atoms with Crippen LogP contribution in [0.4, 0.5) is 0 Å². The van der Waals surface area contributed by atoms with E-state index in [1.165, 1.54) is 44.9 Å². The van der Waals surface area contributed by atoms with E-state index in [0.717, 1.165) is 6.42 Å². The molecule has 0 aromatic heterocycles. The zero-order chi connectivity index (χ0) is 9.78. The van der Waals surface area contributed by atoms with Gasteiger partial charge in [-0.15, -0.1) is 0 Å². The van der Waals surface area contributed by atoms with E-state index in [1.807, 2.05) is 0 Å². The largest absolute Gasteiger partial charge is 0.327 e. The molecule has 0 N–H and O–H groups in total. The molecule has 0 unspecified atom stereocenters. The van der Waals surface area contributed by atoms with Crippen LogP contribution in [0.25, 0.3) is 0 Å². The first-order valence-corrected chi connectivity index (χ1v) is 6.09. The molecule has 0 fully saturated rings. The van der Waals surface area contributed by atoms with Crippen molar-refractivity contribution in [2.75, 3.05) is 6.61 Å². The molecule has 0 rings (SSSR count). The molecule has 0 aliphatic heterocycles. The van der Waals surface area contributed by atoms with Crippen LogP contribution in [0.3, 0.4) is 0 Å². The van der Waals surface area contributed by atoms with Gasteiger partial charge in [-0.25, -0.2) is 4.57 Å². The minimum absolute atomic E-state index is 0. The Morgan fingerprint density at radius 3 is 1.93 bits per heavy atom. The van der Waals surface area contributed by atoms with Crippen molar-refractivity contribution >= 4 is 8.69 Å². The molecule has 82 valence electrons. The third-order valence-corrected chi connectivity index (χ3v) is 2.43. The van der Waals surface area contributed by atoms with E-state index in [0.29, 0.717) is 6.61 Å². The molecule has 2 nitrogen and oxygen atoms in total. The van der Waals surface area contributed by atoms with Crippen LogP contribution in [0.5, 0.6) is 0 Å². The number of hydrogen-bond acceptors (Lipinski definition) is 2. The van der Waals surface area contributed by atoms with Gasteiger partial charge in [-0.3, -0.25) is 4.52 Å². The van der Waals surface area contributed by atoms with Crippen LogP contribution in [-0.2, 0) is 9.09 Å². The van der Waals surface area contributed by atoms with Crippen molar-refractivity contribution in [3.63, 3.8) is 0 Å². The molecule has 0 spiro atoms. The van der Waals surface area contributed by atoms with Crippen molar-refractivity contribution < 1.29 is 49.9 Å². The van der Waals surface area contributed by atoms with Crippen LogP contribution >= 0.6 is 8.69 Å². The molecule has 0 bridgehead atoms. The standard InChI is InChI=1S/C10H21O2P.Nd/c1-2-3-4-5-6-7-8-9-10-12-13-11;/h2-10H2,1H3;. The first-order valence-electron chi connectivity index (χ1n) is 5.36. The summed E-state index contributed by atoms with van der Waals surface area (Å²) in [5.74, 6) is 0. The predicted octanol–water partition coefficient (Wildman–Crippen LogP) is 4.35. The molecule has 0 radical (unpaired) electrons. The predicted molar refractivity (Wildman–Crippen MR) is 56.2 cm³/mol. The first-order chi connectivity index (χ1) is 6.41. The average molecular weight is 348 g/mol. The van der Waals surface area contributed by atoms with Gasteiger partial charge in [-0.1, -0.05) is 51.9 Å². The van der Waals surface area contributed by atoms with Gasteiger partial charge in [0.15, 0.2) is 0 Å². The molecule has 0 saturated heterocycles. The summed E-state index contributed by atoms with van der Waals surface area (Å²) in [4.78, 5) is 0.